The van der Waals surface area contributed by atoms with Gasteiger partial charge < -0.3 is 4.74 Å². The number of ketones is 1. The van der Waals surface area contributed by atoms with E-state index >= 15 is 0 Å². The molecule has 0 saturated carbocycles. The Bertz CT molecular complexity index is 542. The molecular weight excluding hydrogens is 267 g/mol. The van der Waals surface area contributed by atoms with Gasteiger partial charge in [-0.25, -0.2) is 4.39 Å². The molecule has 19 heavy (non-hydrogen) atoms. The Morgan fingerprint density at radius 2 is 2.11 bits per heavy atom. The molecule has 1 aromatic rings. The Kier molecular flexibility index (Phi) is 3.94. The Labute approximate surface area is 115 Å². The first-order valence-electron chi connectivity index (χ1n) is 5.95. The summed E-state index contributed by atoms with van der Waals surface area (Å²) >= 11 is 1.37. The fourth-order valence-electron chi connectivity index (χ4n) is 2.32. The number of benzene rings is 1. The van der Waals surface area contributed by atoms with Crippen molar-refractivity contribution in [3.8, 4) is 0 Å². The van der Waals surface area contributed by atoms with Crippen molar-refractivity contribution in [3.63, 3.8) is 0 Å². The minimum Gasteiger partial charge on any atom is -0.468 e. The van der Waals surface area contributed by atoms with Gasteiger partial charge in [-0.05, 0) is 30.5 Å². The van der Waals surface area contributed by atoms with Crippen LogP contribution in [0.2, 0.25) is 0 Å². The van der Waals surface area contributed by atoms with E-state index in [9.17, 15) is 14.0 Å². The van der Waals surface area contributed by atoms with Crippen LogP contribution in [-0.4, -0.2) is 24.6 Å². The largest absolute Gasteiger partial charge is 0.468 e. The van der Waals surface area contributed by atoms with E-state index in [1.54, 1.807) is 26.0 Å². The normalized spacial score (nSPS) is 22.6. The fourth-order valence-corrected chi connectivity index (χ4v) is 3.74. The van der Waals surface area contributed by atoms with Crippen LogP contribution in [0.25, 0.3) is 0 Å². The lowest BCUT2D eigenvalue weighted by Gasteiger charge is -2.18. The first kappa shape index (κ1) is 14.1. The van der Waals surface area contributed by atoms with Gasteiger partial charge in [-0.1, -0.05) is 12.1 Å². The highest BCUT2D eigenvalue weighted by Crippen LogP contribution is 2.44. The molecule has 5 heteroatoms. The molecule has 1 aliphatic heterocycles. The Morgan fingerprint density at radius 1 is 1.42 bits per heavy atom. The average Bonchev–Trinajstić information content (AvgIpc) is 2.77. The van der Waals surface area contributed by atoms with Crippen molar-refractivity contribution in [1.82, 2.24) is 0 Å². The maximum absolute atomic E-state index is 13.9. The molecule has 1 aromatic carbocycles. The topological polar surface area (TPSA) is 43.4 Å². The van der Waals surface area contributed by atoms with E-state index in [0.717, 1.165) is 0 Å². The second-order valence-electron chi connectivity index (χ2n) is 4.61. The van der Waals surface area contributed by atoms with E-state index in [1.807, 2.05) is 0 Å². The van der Waals surface area contributed by atoms with Gasteiger partial charge in [-0.15, -0.1) is 11.8 Å². The van der Waals surface area contributed by atoms with Crippen LogP contribution >= 0.6 is 11.8 Å². The molecule has 102 valence electrons. The van der Waals surface area contributed by atoms with Gasteiger partial charge in [0.2, 0.25) is 0 Å². The lowest BCUT2D eigenvalue weighted by molar-refractivity contribution is -0.148. The number of esters is 1. The first-order chi connectivity index (χ1) is 8.97. The number of aryl methyl sites for hydroxylation is 1. The van der Waals surface area contributed by atoms with Crippen molar-refractivity contribution in [3.05, 3.63) is 34.6 Å². The van der Waals surface area contributed by atoms with Crippen molar-refractivity contribution in [2.24, 2.45) is 5.92 Å². The van der Waals surface area contributed by atoms with Crippen LogP contribution < -0.4 is 0 Å². The number of carbonyl (C=O) groups excluding carboxylic acids is 2. The van der Waals surface area contributed by atoms with Crippen molar-refractivity contribution in [2.75, 3.05) is 12.9 Å². The maximum Gasteiger partial charge on any atom is 0.317 e. The molecule has 3 nitrogen and oxygen atoms in total. The summed E-state index contributed by atoms with van der Waals surface area (Å²) in [4.78, 5) is 23.5. The summed E-state index contributed by atoms with van der Waals surface area (Å²) < 4.78 is 18.6. The quantitative estimate of drug-likeness (QED) is 0.618. The van der Waals surface area contributed by atoms with E-state index in [4.69, 9.17) is 0 Å². The summed E-state index contributed by atoms with van der Waals surface area (Å²) in [6.07, 6.45) is 0. The zero-order valence-electron chi connectivity index (χ0n) is 11.0. The van der Waals surface area contributed by atoms with Crippen LogP contribution in [0, 0.1) is 25.6 Å². The summed E-state index contributed by atoms with van der Waals surface area (Å²) in [5.74, 6) is -1.53. The third-order valence-corrected chi connectivity index (χ3v) is 4.77. The van der Waals surface area contributed by atoms with Gasteiger partial charge >= 0.3 is 5.97 Å². The van der Waals surface area contributed by atoms with Crippen molar-refractivity contribution >= 4 is 23.5 Å². The van der Waals surface area contributed by atoms with Gasteiger partial charge in [0, 0.05) is 0 Å². The Morgan fingerprint density at radius 3 is 2.74 bits per heavy atom. The van der Waals surface area contributed by atoms with Crippen LogP contribution in [-0.2, 0) is 14.3 Å². The van der Waals surface area contributed by atoms with E-state index in [-0.39, 0.29) is 22.6 Å². The zero-order valence-corrected chi connectivity index (χ0v) is 11.8. The van der Waals surface area contributed by atoms with Gasteiger partial charge in [0.05, 0.1) is 18.1 Å². The van der Waals surface area contributed by atoms with Gasteiger partial charge in [-0.2, -0.15) is 0 Å². The van der Waals surface area contributed by atoms with Crippen LogP contribution in [0.3, 0.4) is 0 Å². The van der Waals surface area contributed by atoms with E-state index in [0.29, 0.717) is 16.7 Å². The molecule has 0 bridgehead atoms. The fraction of sp³-hybridized carbons (Fsp3) is 0.429. The molecular formula is C14H15FO3S. The molecule has 2 atom stereocenters. The number of methoxy groups -OCH3 is 1. The van der Waals surface area contributed by atoms with Crippen LogP contribution in [0.1, 0.15) is 21.9 Å². The highest BCUT2D eigenvalue weighted by atomic mass is 32.2. The molecule has 2 rings (SSSR count). The third kappa shape index (κ3) is 2.39. The summed E-state index contributed by atoms with van der Waals surface area (Å²) in [5.41, 5.74) is 1.76. The second kappa shape index (κ2) is 5.33. The summed E-state index contributed by atoms with van der Waals surface area (Å²) in [7, 11) is 1.26. The second-order valence-corrected chi connectivity index (χ2v) is 5.74. The molecule has 0 radical (unpaired) electrons. The van der Waals surface area contributed by atoms with Gasteiger partial charge in [0.1, 0.15) is 11.7 Å². The molecule has 1 aliphatic rings. The number of ether oxygens (including phenoxy) is 1. The summed E-state index contributed by atoms with van der Waals surface area (Å²) in [5, 5.41) is -0.352. The lowest BCUT2D eigenvalue weighted by Crippen LogP contribution is -2.26. The number of halogens is 1. The summed E-state index contributed by atoms with van der Waals surface area (Å²) in [6.45, 7) is 3.37. The minimum atomic E-state index is -0.823. The lowest BCUT2D eigenvalue weighted by atomic mass is 9.92. The number of thioether (sulfide) groups is 1. The van der Waals surface area contributed by atoms with Crippen LogP contribution in [0.15, 0.2) is 12.1 Å². The van der Waals surface area contributed by atoms with Crippen molar-refractivity contribution in [2.45, 2.75) is 19.1 Å². The molecule has 0 spiro atoms. The highest BCUT2D eigenvalue weighted by Gasteiger charge is 2.43. The smallest absolute Gasteiger partial charge is 0.317 e. The monoisotopic (exact) mass is 282 g/mol. The minimum absolute atomic E-state index is 0.151. The van der Waals surface area contributed by atoms with Crippen molar-refractivity contribution in [1.29, 1.82) is 0 Å². The van der Waals surface area contributed by atoms with E-state index < -0.39 is 11.9 Å². The Balaban J connectivity index is 2.44. The maximum atomic E-state index is 13.9. The standard InChI is InChI=1S/C14H15FO3S/c1-7-4-5-9(8(2)12(7)15)13-11(14(17)18-3)10(16)6-19-13/h4-5,11,13H,6H2,1-3H3. The van der Waals surface area contributed by atoms with Crippen LogP contribution in [0.4, 0.5) is 4.39 Å². The third-order valence-electron chi connectivity index (χ3n) is 3.44. The zero-order chi connectivity index (χ0) is 14.2. The summed E-state index contributed by atoms with van der Waals surface area (Å²) in [6, 6.07) is 3.47. The highest BCUT2D eigenvalue weighted by molar-refractivity contribution is 8.00. The molecule has 1 heterocycles. The molecule has 0 aromatic heterocycles. The Hall–Kier alpha value is -1.36. The van der Waals surface area contributed by atoms with Crippen LogP contribution in [0.5, 0.6) is 0 Å². The molecule has 2 unspecified atom stereocenters. The van der Waals surface area contributed by atoms with Crippen molar-refractivity contribution < 1.29 is 18.7 Å². The SMILES string of the molecule is COC(=O)C1C(=O)CSC1c1ccc(C)c(F)c1C. The number of hydrogen-bond acceptors (Lipinski definition) is 4. The molecule has 1 fully saturated rings. The molecule has 0 aliphatic carbocycles. The predicted molar refractivity (Wildman–Crippen MR) is 71.6 cm³/mol. The van der Waals surface area contributed by atoms with Gasteiger partial charge in [0.15, 0.2) is 5.78 Å². The number of hydrogen-bond donors (Lipinski definition) is 0. The average molecular weight is 282 g/mol. The number of carbonyl (C=O) groups is 2. The van der Waals surface area contributed by atoms with E-state index in [2.05, 4.69) is 4.74 Å². The predicted octanol–water partition coefficient (Wildman–Crippen LogP) is 2.59. The van der Waals surface area contributed by atoms with Gasteiger partial charge in [-0.3, -0.25) is 9.59 Å². The number of Topliss-reactive ketones (excluding diaryl/α,β-unsaturated/α-hetero) is 1. The molecule has 0 N–H and O–H groups in total. The molecule has 0 amide bonds. The first-order valence-corrected chi connectivity index (χ1v) is 7.00. The number of rotatable bonds is 2. The van der Waals surface area contributed by atoms with E-state index in [1.165, 1.54) is 18.9 Å². The van der Waals surface area contributed by atoms with Gasteiger partial charge in [0.25, 0.3) is 0 Å². The molecule has 1 saturated heterocycles.